The van der Waals surface area contributed by atoms with Crippen molar-refractivity contribution >= 4 is 22.5 Å². The Morgan fingerprint density at radius 1 is 1.21 bits per heavy atom. The number of aromatic nitrogens is 1. The van der Waals surface area contributed by atoms with E-state index in [0.29, 0.717) is 6.42 Å². The summed E-state index contributed by atoms with van der Waals surface area (Å²) in [5.41, 5.74) is 2.12. The molecular weight excluding hydrogens is 236 g/mol. The van der Waals surface area contributed by atoms with Crippen LogP contribution in [0, 0.1) is 0 Å². The molecule has 1 N–H and O–H groups in total. The number of benzene rings is 1. The van der Waals surface area contributed by atoms with Gasteiger partial charge in [0.2, 0.25) is 5.91 Å². The van der Waals surface area contributed by atoms with Gasteiger partial charge in [-0.3, -0.25) is 4.79 Å². The Morgan fingerprint density at radius 2 is 2.05 bits per heavy atom. The molecule has 1 aromatic heterocycles. The van der Waals surface area contributed by atoms with Crippen LogP contribution in [-0.4, -0.2) is 10.5 Å². The highest BCUT2D eigenvalue weighted by atomic mass is 16.1. The first-order valence-corrected chi connectivity index (χ1v) is 7.13. The summed E-state index contributed by atoms with van der Waals surface area (Å²) in [6.07, 6.45) is 5.83. The van der Waals surface area contributed by atoms with Crippen molar-refractivity contribution < 1.29 is 4.79 Å². The fourth-order valence-electron chi connectivity index (χ4n) is 2.27. The van der Waals surface area contributed by atoms with E-state index < -0.39 is 0 Å². The molecule has 0 radical (unpaired) electrons. The fraction of sp³-hybridized carbons (Fsp3) is 0.438. The van der Waals surface area contributed by atoms with E-state index in [9.17, 15) is 4.79 Å². The molecule has 0 saturated heterocycles. The van der Waals surface area contributed by atoms with Gasteiger partial charge in [-0.15, -0.1) is 0 Å². The van der Waals surface area contributed by atoms with Gasteiger partial charge in [-0.2, -0.15) is 0 Å². The summed E-state index contributed by atoms with van der Waals surface area (Å²) in [7, 11) is 0. The lowest BCUT2D eigenvalue weighted by Crippen LogP contribution is -2.10. The van der Waals surface area contributed by atoms with Gasteiger partial charge in [0.05, 0.1) is 0 Å². The zero-order chi connectivity index (χ0) is 13.7. The summed E-state index contributed by atoms with van der Waals surface area (Å²) in [6.45, 7) is 5.30. The second kappa shape index (κ2) is 6.41. The van der Waals surface area contributed by atoms with E-state index in [1.807, 2.05) is 12.1 Å². The predicted molar refractivity (Wildman–Crippen MR) is 80.4 cm³/mol. The topological polar surface area (TPSA) is 34.0 Å². The minimum absolute atomic E-state index is 0.106. The number of amides is 1. The van der Waals surface area contributed by atoms with E-state index >= 15 is 0 Å². The molecular formula is C16H22N2O. The number of hydrogen-bond acceptors (Lipinski definition) is 1. The lowest BCUT2D eigenvalue weighted by atomic mass is 10.2. The first-order chi connectivity index (χ1) is 9.24. The third-order valence-electron chi connectivity index (χ3n) is 3.28. The van der Waals surface area contributed by atoms with Crippen molar-refractivity contribution in [1.29, 1.82) is 0 Å². The Morgan fingerprint density at radius 3 is 2.79 bits per heavy atom. The minimum atomic E-state index is 0.106. The molecule has 0 unspecified atom stereocenters. The number of fused-ring (bicyclic) bond motifs is 1. The summed E-state index contributed by atoms with van der Waals surface area (Å²) in [4.78, 5) is 11.7. The van der Waals surface area contributed by atoms with Crippen LogP contribution in [0.15, 0.2) is 30.5 Å². The second-order valence-corrected chi connectivity index (χ2v) is 4.93. The van der Waals surface area contributed by atoms with Crippen molar-refractivity contribution in [2.24, 2.45) is 0 Å². The van der Waals surface area contributed by atoms with Crippen molar-refractivity contribution in [2.45, 2.75) is 46.1 Å². The monoisotopic (exact) mass is 258 g/mol. The third-order valence-corrected chi connectivity index (χ3v) is 3.28. The van der Waals surface area contributed by atoms with Gasteiger partial charge < -0.3 is 9.88 Å². The maximum atomic E-state index is 11.7. The van der Waals surface area contributed by atoms with Gasteiger partial charge in [-0.1, -0.05) is 20.3 Å². The molecule has 3 nitrogen and oxygen atoms in total. The van der Waals surface area contributed by atoms with Crippen LogP contribution in [0.4, 0.5) is 5.69 Å². The molecule has 0 atom stereocenters. The zero-order valence-electron chi connectivity index (χ0n) is 11.8. The van der Waals surface area contributed by atoms with E-state index in [1.165, 1.54) is 10.9 Å². The van der Waals surface area contributed by atoms with Gasteiger partial charge in [0.25, 0.3) is 0 Å². The maximum Gasteiger partial charge on any atom is 0.224 e. The molecule has 2 rings (SSSR count). The molecule has 1 amide bonds. The Balaban J connectivity index is 2.11. The highest BCUT2D eigenvalue weighted by molar-refractivity contribution is 5.93. The van der Waals surface area contributed by atoms with Crippen LogP contribution in [0.5, 0.6) is 0 Å². The van der Waals surface area contributed by atoms with Crippen molar-refractivity contribution in [3.63, 3.8) is 0 Å². The Labute approximate surface area is 114 Å². The average molecular weight is 258 g/mol. The fourth-order valence-corrected chi connectivity index (χ4v) is 2.27. The van der Waals surface area contributed by atoms with Gasteiger partial charge in [-0.25, -0.2) is 0 Å². The van der Waals surface area contributed by atoms with Crippen LogP contribution in [0.2, 0.25) is 0 Å². The highest BCUT2D eigenvalue weighted by Gasteiger charge is 2.04. The summed E-state index contributed by atoms with van der Waals surface area (Å²) >= 11 is 0. The quantitative estimate of drug-likeness (QED) is 0.828. The Hall–Kier alpha value is -1.77. The van der Waals surface area contributed by atoms with Gasteiger partial charge in [0.15, 0.2) is 0 Å². The molecule has 2 aromatic rings. The zero-order valence-corrected chi connectivity index (χ0v) is 11.8. The van der Waals surface area contributed by atoms with Crippen molar-refractivity contribution in [3.8, 4) is 0 Å². The maximum absolute atomic E-state index is 11.7. The Bertz CT molecular complexity index is 557. The van der Waals surface area contributed by atoms with E-state index in [4.69, 9.17) is 0 Å². The van der Waals surface area contributed by atoms with Crippen molar-refractivity contribution in [3.05, 3.63) is 30.5 Å². The second-order valence-electron chi connectivity index (χ2n) is 4.93. The molecule has 0 aliphatic heterocycles. The molecule has 3 heteroatoms. The van der Waals surface area contributed by atoms with Gasteiger partial charge in [0, 0.05) is 35.8 Å². The molecule has 0 bridgehead atoms. The van der Waals surface area contributed by atoms with Crippen LogP contribution in [0.25, 0.3) is 10.9 Å². The highest BCUT2D eigenvalue weighted by Crippen LogP contribution is 2.21. The number of nitrogens with one attached hydrogen (secondary N) is 1. The summed E-state index contributed by atoms with van der Waals surface area (Å²) in [5.74, 6) is 0.106. The molecule has 1 heterocycles. The average Bonchev–Trinajstić information content (AvgIpc) is 2.79. The first-order valence-electron chi connectivity index (χ1n) is 7.13. The number of carbonyl (C=O) groups excluding carboxylic acids is 1. The molecule has 19 heavy (non-hydrogen) atoms. The Kier molecular flexibility index (Phi) is 4.61. The standard InChI is InChI=1S/C16H22N2O/c1-3-5-6-16(19)17-14-7-8-15-13(12-14)9-11-18(15)10-4-2/h7-9,11-12H,3-6,10H2,1-2H3,(H,17,19). The number of hydrogen-bond donors (Lipinski definition) is 1. The van der Waals surface area contributed by atoms with Gasteiger partial charge in [-0.05, 0) is 37.1 Å². The van der Waals surface area contributed by atoms with Crippen LogP contribution in [-0.2, 0) is 11.3 Å². The van der Waals surface area contributed by atoms with E-state index in [2.05, 4.69) is 42.1 Å². The van der Waals surface area contributed by atoms with Crippen LogP contribution < -0.4 is 5.32 Å². The smallest absolute Gasteiger partial charge is 0.224 e. The number of anilines is 1. The number of rotatable bonds is 6. The number of carbonyl (C=O) groups is 1. The molecule has 0 fully saturated rings. The predicted octanol–water partition coefficient (Wildman–Crippen LogP) is 4.18. The minimum Gasteiger partial charge on any atom is -0.347 e. The van der Waals surface area contributed by atoms with E-state index in [1.54, 1.807) is 0 Å². The van der Waals surface area contributed by atoms with Crippen molar-refractivity contribution in [2.75, 3.05) is 5.32 Å². The van der Waals surface area contributed by atoms with Gasteiger partial charge >= 0.3 is 0 Å². The van der Waals surface area contributed by atoms with Crippen LogP contribution >= 0.6 is 0 Å². The lowest BCUT2D eigenvalue weighted by molar-refractivity contribution is -0.116. The van der Waals surface area contributed by atoms with E-state index in [0.717, 1.165) is 31.5 Å². The molecule has 0 spiro atoms. The lowest BCUT2D eigenvalue weighted by Gasteiger charge is -2.06. The molecule has 0 aliphatic rings. The SMILES string of the molecule is CCCCC(=O)Nc1ccc2c(ccn2CCC)c1. The first kappa shape index (κ1) is 13.7. The molecule has 1 aromatic carbocycles. The largest absolute Gasteiger partial charge is 0.347 e. The van der Waals surface area contributed by atoms with Crippen molar-refractivity contribution in [1.82, 2.24) is 4.57 Å². The van der Waals surface area contributed by atoms with E-state index in [-0.39, 0.29) is 5.91 Å². The van der Waals surface area contributed by atoms with Crippen LogP contribution in [0.3, 0.4) is 0 Å². The summed E-state index contributed by atoms with van der Waals surface area (Å²) in [5, 5.41) is 4.14. The summed E-state index contributed by atoms with van der Waals surface area (Å²) < 4.78 is 2.25. The number of aryl methyl sites for hydroxylation is 1. The number of nitrogens with zero attached hydrogens (tertiary/aromatic N) is 1. The normalized spacial score (nSPS) is 10.8. The molecule has 0 aliphatic carbocycles. The molecule has 0 saturated carbocycles. The number of unbranched alkanes of at least 4 members (excludes halogenated alkanes) is 1. The van der Waals surface area contributed by atoms with Crippen LogP contribution in [0.1, 0.15) is 39.5 Å². The summed E-state index contributed by atoms with van der Waals surface area (Å²) in [6, 6.07) is 8.22. The third kappa shape index (κ3) is 3.37. The van der Waals surface area contributed by atoms with Gasteiger partial charge in [0.1, 0.15) is 0 Å². The molecule has 102 valence electrons.